The first-order valence-electron chi connectivity index (χ1n) is 5.88. The summed E-state index contributed by atoms with van der Waals surface area (Å²) in [6.45, 7) is 5.16. The Bertz CT molecular complexity index is 343. The van der Waals surface area contributed by atoms with E-state index in [0.717, 1.165) is 24.0 Å². The van der Waals surface area contributed by atoms with Gasteiger partial charge in [0, 0.05) is 19.1 Å². The quantitative estimate of drug-likeness (QED) is 0.926. The zero-order valence-electron chi connectivity index (χ0n) is 10.1. The summed E-state index contributed by atoms with van der Waals surface area (Å²) in [6, 6.07) is 2.64. The predicted molar refractivity (Wildman–Crippen MR) is 78.2 cm³/mol. The van der Waals surface area contributed by atoms with Crippen LogP contribution < -0.4 is 5.73 Å². The molecule has 5 heteroatoms. The summed E-state index contributed by atoms with van der Waals surface area (Å²) >= 11 is 7.76. The van der Waals surface area contributed by atoms with Gasteiger partial charge in [0.2, 0.25) is 0 Å². The second kappa shape index (κ2) is 6.95. The van der Waals surface area contributed by atoms with E-state index in [1.807, 2.05) is 0 Å². The van der Waals surface area contributed by atoms with Crippen molar-refractivity contribution >= 4 is 35.3 Å². The number of nitrogens with zero attached hydrogens (tertiary/aromatic N) is 1. The molecule has 2 atom stereocenters. The first kappa shape index (κ1) is 15.3. The van der Waals surface area contributed by atoms with Crippen LogP contribution in [0.3, 0.4) is 0 Å². The average molecular weight is 295 g/mol. The number of halogens is 2. The number of thiophene rings is 1. The molecular formula is C12H20Cl2N2S. The number of rotatable bonds is 3. The molecule has 2 unspecified atom stereocenters. The fraction of sp³-hybridized carbons (Fsp3) is 0.667. The Balaban J connectivity index is 0.00000144. The summed E-state index contributed by atoms with van der Waals surface area (Å²) in [5, 5.41) is 2.06. The number of likely N-dealkylation sites (tertiary alicyclic amines) is 1. The molecule has 2 rings (SSSR count). The number of nitrogens with two attached hydrogens (primary N) is 1. The normalized spacial score (nSPS) is 25.6. The van der Waals surface area contributed by atoms with Crippen LogP contribution in [0.2, 0.25) is 4.34 Å². The van der Waals surface area contributed by atoms with Gasteiger partial charge >= 0.3 is 0 Å². The zero-order chi connectivity index (χ0) is 11.5. The molecule has 1 aliphatic heterocycles. The molecule has 98 valence electrons. The van der Waals surface area contributed by atoms with E-state index in [9.17, 15) is 0 Å². The van der Waals surface area contributed by atoms with Crippen LogP contribution in [0.1, 0.15) is 25.3 Å². The fourth-order valence-electron chi connectivity index (χ4n) is 2.56. The first-order chi connectivity index (χ1) is 7.72. The third-order valence-electron chi connectivity index (χ3n) is 3.54. The molecule has 1 fully saturated rings. The van der Waals surface area contributed by atoms with Gasteiger partial charge < -0.3 is 5.73 Å². The summed E-state index contributed by atoms with van der Waals surface area (Å²) in [5.74, 6) is 0.705. The van der Waals surface area contributed by atoms with Gasteiger partial charge in [-0.1, -0.05) is 18.5 Å². The van der Waals surface area contributed by atoms with Crippen LogP contribution in [-0.2, 0) is 6.54 Å². The maximum Gasteiger partial charge on any atom is 0.0973 e. The molecule has 17 heavy (non-hydrogen) atoms. The van der Waals surface area contributed by atoms with Crippen molar-refractivity contribution in [3.63, 3.8) is 0 Å². The Kier molecular flexibility index (Phi) is 6.24. The van der Waals surface area contributed by atoms with E-state index >= 15 is 0 Å². The molecule has 1 aliphatic rings. The highest BCUT2D eigenvalue weighted by Gasteiger charge is 2.27. The van der Waals surface area contributed by atoms with Gasteiger partial charge in [-0.15, -0.1) is 23.7 Å². The van der Waals surface area contributed by atoms with Gasteiger partial charge in [0.1, 0.15) is 0 Å². The van der Waals surface area contributed by atoms with Crippen LogP contribution in [-0.4, -0.2) is 24.0 Å². The second-order valence-corrected chi connectivity index (χ2v) is 6.13. The minimum atomic E-state index is 0. The van der Waals surface area contributed by atoms with Crippen LogP contribution in [0.25, 0.3) is 0 Å². The summed E-state index contributed by atoms with van der Waals surface area (Å²) < 4.78 is 0.925. The van der Waals surface area contributed by atoms with Crippen molar-refractivity contribution in [1.82, 2.24) is 4.90 Å². The Morgan fingerprint density at radius 2 is 2.35 bits per heavy atom. The van der Waals surface area contributed by atoms with Gasteiger partial charge in [-0.2, -0.15) is 0 Å². The van der Waals surface area contributed by atoms with E-state index in [1.54, 1.807) is 11.3 Å². The lowest BCUT2D eigenvalue weighted by Gasteiger charge is -2.39. The van der Waals surface area contributed by atoms with Crippen LogP contribution in [0, 0.1) is 5.92 Å². The highest BCUT2D eigenvalue weighted by molar-refractivity contribution is 7.14. The molecule has 0 bridgehead atoms. The molecule has 2 heterocycles. The van der Waals surface area contributed by atoms with E-state index < -0.39 is 0 Å². The minimum Gasteiger partial charge on any atom is -0.329 e. The van der Waals surface area contributed by atoms with Crippen molar-refractivity contribution in [3.8, 4) is 0 Å². The van der Waals surface area contributed by atoms with Crippen LogP contribution >= 0.6 is 35.3 Å². The first-order valence-corrected chi connectivity index (χ1v) is 7.14. The third-order valence-corrected chi connectivity index (χ3v) is 4.79. The molecule has 0 amide bonds. The molecule has 1 saturated heterocycles. The molecule has 2 N–H and O–H groups in total. The SMILES string of the molecule is CC1CCCN(Cc2ccsc2Cl)C1CN.Cl. The highest BCUT2D eigenvalue weighted by Crippen LogP contribution is 2.28. The minimum absolute atomic E-state index is 0. The Morgan fingerprint density at radius 3 is 2.94 bits per heavy atom. The summed E-state index contributed by atoms with van der Waals surface area (Å²) in [4.78, 5) is 2.49. The van der Waals surface area contributed by atoms with Crippen molar-refractivity contribution in [3.05, 3.63) is 21.3 Å². The summed E-state index contributed by atoms with van der Waals surface area (Å²) in [5.41, 5.74) is 7.13. The summed E-state index contributed by atoms with van der Waals surface area (Å²) in [6.07, 6.45) is 2.58. The molecule has 2 nitrogen and oxygen atoms in total. The highest BCUT2D eigenvalue weighted by atomic mass is 35.5. The van der Waals surface area contributed by atoms with Crippen molar-refractivity contribution in [2.45, 2.75) is 32.4 Å². The Labute approximate surface area is 119 Å². The predicted octanol–water partition coefficient (Wildman–Crippen LogP) is 3.38. The van der Waals surface area contributed by atoms with Crippen LogP contribution in [0.15, 0.2) is 11.4 Å². The molecule has 0 spiro atoms. The van der Waals surface area contributed by atoms with Gasteiger partial charge in [-0.25, -0.2) is 0 Å². The van der Waals surface area contributed by atoms with Gasteiger partial charge in [0.25, 0.3) is 0 Å². The molecule has 1 aromatic rings. The van der Waals surface area contributed by atoms with E-state index in [4.69, 9.17) is 17.3 Å². The number of hydrogen-bond acceptors (Lipinski definition) is 3. The number of hydrogen-bond donors (Lipinski definition) is 1. The van der Waals surface area contributed by atoms with Crippen molar-refractivity contribution in [2.75, 3.05) is 13.1 Å². The smallest absolute Gasteiger partial charge is 0.0973 e. The standard InChI is InChI=1S/C12H19ClN2S.ClH/c1-9-3-2-5-15(11(9)7-14)8-10-4-6-16-12(10)13;/h4,6,9,11H,2-3,5,7-8,14H2,1H3;1H. The third kappa shape index (κ3) is 3.58. The summed E-state index contributed by atoms with van der Waals surface area (Å²) in [7, 11) is 0. The largest absolute Gasteiger partial charge is 0.329 e. The topological polar surface area (TPSA) is 29.3 Å². The molecule has 1 aromatic heterocycles. The van der Waals surface area contributed by atoms with Crippen molar-refractivity contribution in [1.29, 1.82) is 0 Å². The molecule has 0 aromatic carbocycles. The zero-order valence-corrected chi connectivity index (χ0v) is 12.5. The molecule has 0 saturated carbocycles. The van der Waals surface area contributed by atoms with E-state index in [-0.39, 0.29) is 12.4 Å². The number of piperidine rings is 1. The lowest BCUT2D eigenvalue weighted by atomic mass is 9.90. The molecule has 0 aliphatic carbocycles. The lowest BCUT2D eigenvalue weighted by Crippen LogP contribution is -2.47. The van der Waals surface area contributed by atoms with Crippen molar-refractivity contribution in [2.24, 2.45) is 11.7 Å². The van der Waals surface area contributed by atoms with E-state index in [1.165, 1.54) is 18.4 Å². The Hall–Kier alpha value is 0.200. The fourth-order valence-corrected chi connectivity index (χ4v) is 3.48. The van der Waals surface area contributed by atoms with Crippen LogP contribution in [0.5, 0.6) is 0 Å². The van der Waals surface area contributed by atoms with Gasteiger partial charge in [-0.3, -0.25) is 4.90 Å². The Morgan fingerprint density at radius 1 is 1.59 bits per heavy atom. The molecule has 0 radical (unpaired) electrons. The second-order valence-electron chi connectivity index (χ2n) is 4.61. The van der Waals surface area contributed by atoms with Crippen molar-refractivity contribution < 1.29 is 0 Å². The van der Waals surface area contributed by atoms with Gasteiger partial charge in [-0.05, 0) is 42.3 Å². The van der Waals surface area contributed by atoms with Gasteiger partial charge in [0.15, 0.2) is 0 Å². The maximum atomic E-state index is 6.15. The lowest BCUT2D eigenvalue weighted by molar-refractivity contribution is 0.0992. The van der Waals surface area contributed by atoms with Gasteiger partial charge in [0.05, 0.1) is 4.34 Å². The van der Waals surface area contributed by atoms with E-state index in [2.05, 4.69) is 23.3 Å². The average Bonchev–Trinajstić information content (AvgIpc) is 2.65. The molecular weight excluding hydrogens is 275 g/mol. The monoisotopic (exact) mass is 294 g/mol. The van der Waals surface area contributed by atoms with Crippen LogP contribution in [0.4, 0.5) is 0 Å². The van der Waals surface area contributed by atoms with E-state index in [0.29, 0.717) is 12.0 Å². The maximum absolute atomic E-state index is 6.15.